The van der Waals surface area contributed by atoms with Gasteiger partial charge in [0.1, 0.15) is 11.5 Å². The number of rotatable bonds is 6. The van der Waals surface area contributed by atoms with Crippen LogP contribution < -0.4 is 21.5 Å². The molecule has 1 fully saturated rings. The Hall–Kier alpha value is -3.96. The molecule has 1 aromatic carbocycles. The molecule has 1 aromatic heterocycles. The molecule has 0 bridgehead atoms. The van der Waals surface area contributed by atoms with Gasteiger partial charge in [-0.05, 0) is 30.4 Å². The number of amides is 1. The van der Waals surface area contributed by atoms with Gasteiger partial charge in [-0.1, -0.05) is 13.8 Å². The van der Waals surface area contributed by atoms with Crippen LogP contribution in [0, 0.1) is 22.0 Å². The van der Waals surface area contributed by atoms with Crippen LogP contribution in [0.1, 0.15) is 30.6 Å². The van der Waals surface area contributed by atoms with Gasteiger partial charge in [-0.2, -0.15) is 0 Å². The Morgan fingerprint density at radius 1 is 1.12 bits per heavy atom. The summed E-state index contributed by atoms with van der Waals surface area (Å²) in [4.78, 5) is 61.4. The van der Waals surface area contributed by atoms with E-state index in [1.165, 1.54) is 26.2 Å². The fourth-order valence-electron chi connectivity index (χ4n) is 4.17. The van der Waals surface area contributed by atoms with Crippen LogP contribution in [-0.2, 0) is 23.6 Å². The quantitative estimate of drug-likeness (QED) is 0.375. The zero-order chi connectivity index (χ0) is 25.2. The molecule has 2 atom stereocenters. The summed E-state index contributed by atoms with van der Waals surface area (Å²) in [5, 5.41) is 14.0. The minimum atomic E-state index is -0.914. The number of nitro benzene ring substituents is 1. The number of nitrogens with zero attached hydrogens (tertiary/aromatic N) is 4. The van der Waals surface area contributed by atoms with E-state index in [1.54, 1.807) is 0 Å². The highest BCUT2D eigenvalue weighted by atomic mass is 16.6. The number of anilines is 2. The van der Waals surface area contributed by atoms with Crippen molar-refractivity contribution in [2.45, 2.75) is 20.3 Å². The molecule has 2 heterocycles. The van der Waals surface area contributed by atoms with Gasteiger partial charge >= 0.3 is 11.7 Å². The number of benzene rings is 1. The number of hydrogen-bond donors (Lipinski definition) is 1. The number of hydrogen-bond acceptors (Lipinski definition) is 8. The Labute approximate surface area is 194 Å². The Bertz CT molecular complexity index is 1240. The summed E-state index contributed by atoms with van der Waals surface area (Å²) >= 11 is 0. The Balaban J connectivity index is 1.71. The molecule has 0 aliphatic carbocycles. The SMILES string of the molecule is CC1CC(C)CN(c2ccc(C(=O)OCC(=O)Nc3cc(=O)n(C)c(=O)n3C)cc2[N+](=O)[O-])C1. The molecule has 0 spiro atoms. The second-order valence-corrected chi connectivity index (χ2v) is 8.70. The van der Waals surface area contributed by atoms with Gasteiger partial charge in [0.25, 0.3) is 17.2 Å². The first-order chi connectivity index (χ1) is 16.0. The standard InChI is InChI=1S/C22H27N5O7/c1-13-7-14(2)11-26(10-13)16-6-5-15(8-17(16)27(32)33)21(30)34-12-19(28)23-18-9-20(29)25(4)22(31)24(18)3/h5-6,8-9,13-14H,7,10-12H2,1-4H3,(H,23,28). The Morgan fingerprint density at radius 3 is 2.38 bits per heavy atom. The van der Waals surface area contributed by atoms with Crippen molar-refractivity contribution < 1.29 is 19.2 Å². The molecule has 0 radical (unpaired) electrons. The van der Waals surface area contributed by atoms with E-state index in [4.69, 9.17) is 4.74 Å². The summed E-state index contributed by atoms with van der Waals surface area (Å²) < 4.78 is 6.92. The highest BCUT2D eigenvalue weighted by Crippen LogP contribution is 2.34. The molecule has 1 N–H and O–H groups in total. The van der Waals surface area contributed by atoms with Gasteiger partial charge in [0.15, 0.2) is 6.61 Å². The zero-order valence-electron chi connectivity index (χ0n) is 19.4. The van der Waals surface area contributed by atoms with Gasteiger partial charge in [0.05, 0.1) is 10.5 Å². The lowest BCUT2D eigenvalue weighted by molar-refractivity contribution is -0.384. The number of piperidine rings is 1. The van der Waals surface area contributed by atoms with E-state index in [9.17, 15) is 29.3 Å². The molecule has 12 nitrogen and oxygen atoms in total. The molecule has 1 aliphatic rings. The second-order valence-electron chi connectivity index (χ2n) is 8.70. The maximum Gasteiger partial charge on any atom is 0.338 e. The minimum absolute atomic E-state index is 0.0564. The lowest BCUT2D eigenvalue weighted by atomic mass is 9.91. The van der Waals surface area contributed by atoms with E-state index in [2.05, 4.69) is 19.2 Å². The summed E-state index contributed by atoms with van der Waals surface area (Å²) in [6.45, 7) is 4.84. The fraction of sp³-hybridized carbons (Fsp3) is 0.455. The highest BCUT2D eigenvalue weighted by molar-refractivity contribution is 5.95. The first kappa shape index (κ1) is 24.7. The van der Waals surface area contributed by atoms with Crippen LogP contribution in [0.5, 0.6) is 0 Å². The third-order valence-electron chi connectivity index (χ3n) is 5.75. The Morgan fingerprint density at radius 2 is 1.76 bits per heavy atom. The number of aromatic nitrogens is 2. The average molecular weight is 473 g/mol. The van der Waals surface area contributed by atoms with Crippen molar-refractivity contribution in [2.75, 3.05) is 29.9 Å². The number of carbonyl (C=O) groups excluding carboxylic acids is 2. The number of esters is 1. The van der Waals surface area contributed by atoms with Crippen LogP contribution in [0.15, 0.2) is 33.9 Å². The number of nitrogens with one attached hydrogen (secondary N) is 1. The lowest BCUT2D eigenvalue weighted by Crippen LogP contribution is -2.39. The largest absolute Gasteiger partial charge is 0.452 e. The smallest absolute Gasteiger partial charge is 0.338 e. The maximum atomic E-state index is 12.4. The van der Waals surface area contributed by atoms with Gasteiger partial charge in [0, 0.05) is 39.3 Å². The summed E-state index contributed by atoms with van der Waals surface area (Å²) in [7, 11) is 2.67. The maximum absolute atomic E-state index is 12.4. The third-order valence-corrected chi connectivity index (χ3v) is 5.75. The predicted octanol–water partition coefficient (Wildman–Crippen LogP) is 1.27. The molecule has 2 aromatic rings. The summed E-state index contributed by atoms with van der Waals surface area (Å²) in [6.07, 6.45) is 1.04. The van der Waals surface area contributed by atoms with Gasteiger partial charge in [-0.25, -0.2) is 9.59 Å². The van der Waals surface area contributed by atoms with Crippen LogP contribution >= 0.6 is 0 Å². The van der Waals surface area contributed by atoms with Crippen LogP contribution in [0.3, 0.4) is 0 Å². The molecule has 1 aliphatic heterocycles. The molecule has 3 rings (SSSR count). The number of ether oxygens (including phenoxy) is 1. The zero-order valence-corrected chi connectivity index (χ0v) is 19.4. The second kappa shape index (κ2) is 9.89. The normalized spacial score (nSPS) is 17.8. The number of nitro groups is 1. The van der Waals surface area contributed by atoms with Crippen molar-refractivity contribution in [1.29, 1.82) is 0 Å². The van der Waals surface area contributed by atoms with E-state index in [0.29, 0.717) is 30.6 Å². The molecule has 2 unspecified atom stereocenters. The summed E-state index contributed by atoms with van der Waals surface area (Å²) in [5.74, 6) is -0.979. The number of carbonyl (C=O) groups is 2. The first-order valence-corrected chi connectivity index (χ1v) is 10.7. The van der Waals surface area contributed by atoms with Crippen molar-refractivity contribution in [3.63, 3.8) is 0 Å². The van der Waals surface area contributed by atoms with Crippen molar-refractivity contribution in [1.82, 2.24) is 9.13 Å². The van der Waals surface area contributed by atoms with Gasteiger partial charge in [-0.3, -0.25) is 28.8 Å². The molecule has 0 saturated carbocycles. The van der Waals surface area contributed by atoms with E-state index in [-0.39, 0.29) is 17.1 Å². The molecule has 12 heteroatoms. The van der Waals surface area contributed by atoms with Crippen LogP contribution in [0.25, 0.3) is 0 Å². The minimum Gasteiger partial charge on any atom is -0.452 e. The van der Waals surface area contributed by atoms with Crippen molar-refractivity contribution >= 4 is 29.1 Å². The average Bonchev–Trinajstić information content (AvgIpc) is 2.78. The van der Waals surface area contributed by atoms with Crippen molar-refractivity contribution in [3.8, 4) is 0 Å². The van der Waals surface area contributed by atoms with Gasteiger partial charge in [0.2, 0.25) is 0 Å². The van der Waals surface area contributed by atoms with Crippen LogP contribution in [-0.4, -0.2) is 45.6 Å². The summed E-state index contributed by atoms with van der Waals surface area (Å²) in [6, 6.07) is 5.15. The van der Waals surface area contributed by atoms with E-state index in [0.717, 1.165) is 27.7 Å². The van der Waals surface area contributed by atoms with Crippen LogP contribution in [0.2, 0.25) is 0 Å². The monoisotopic (exact) mass is 473 g/mol. The molecule has 1 amide bonds. The molecule has 1 saturated heterocycles. The topological polar surface area (TPSA) is 146 Å². The van der Waals surface area contributed by atoms with E-state index in [1.807, 2.05) is 4.90 Å². The molecule has 182 valence electrons. The van der Waals surface area contributed by atoms with E-state index < -0.39 is 34.7 Å². The first-order valence-electron chi connectivity index (χ1n) is 10.7. The predicted molar refractivity (Wildman–Crippen MR) is 124 cm³/mol. The van der Waals surface area contributed by atoms with E-state index >= 15 is 0 Å². The van der Waals surface area contributed by atoms with Gasteiger partial charge < -0.3 is 15.0 Å². The summed E-state index contributed by atoms with van der Waals surface area (Å²) in [5.41, 5.74) is -1.09. The molecular weight excluding hydrogens is 446 g/mol. The van der Waals surface area contributed by atoms with Crippen molar-refractivity contribution in [2.24, 2.45) is 25.9 Å². The fourth-order valence-corrected chi connectivity index (χ4v) is 4.17. The highest BCUT2D eigenvalue weighted by Gasteiger charge is 2.28. The third kappa shape index (κ3) is 5.33. The van der Waals surface area contributed by atoms with Crippen LogP contribution in [0.4, 0.5) is 17.2 Å². The lowest BCUT2D eigenvalue weighted by Gasteiger charge is -2.36. The molecule has 34 heavy (non-hydrogen) atoms. The van der Waals surface area contributed by atoms with Gasteiger partial charge in [-0.15, -0.1) is 0 Å². The molecular formula is C22H27N5O7. The Kier molecular flexibility index (Phi) is 7.18. The van der Waals surface area contributed by atoms with Crippen molar-refractivity contribution in [3.05, 3.63) is 60.8 Å².